The van der Waals surface area contributed by atoms with E-state index in [-0.39, 0.29) is 0 Å². The van der Waals surface area contributed by atoms with Crippen molar-refractivity contribution >= 4 is 22.9 Å². The summed E-state index contributed by atoms with van der Waals surface area (Å²) in [5, 5.41) is 7.01. The lowest BCUT2D eigenvalue weighted by Crippen LogP contribution is -2.27. The van der Waals surface area contributed by atoms with Gasteiger partial charge in [-0.25, -0.2) is 0 Å². The average molecular weight is 304 g/mol. The molecule has 2 aromatic rings. The van der Waals surface area contributed by atoms with Gasteiger partial charge in [-0.3, -0.25) is 0 Å². The molecule has 0 spiro atoms. The van der Waals surface area contributed by atoms with Crippen LogP contribution in [0.4, 0.5) is 0 Å². The number of rotatable bonds is 2. The zero-order valence-corrected chi connectivity index (χ0v) is 12.9. The summed E-state index contributed by atoms with van der Waals surface area (Å²) in [4.78, 5) is 1.59. The number of aryl methyl sites for hydroxylation is 2. The Labute approximate surface area is 129 Å². The predicted octanol–water partition coefficient (Wildman–Crippen LogP) is 5.06. The zero-order valence-electron chi connectivity index (χ0n) is 11.4. The molecule has 1 N–H and O–H groups in total. The maximum Gasteiger partial charge on any atom is 0.0408 e. The number of thiophene rings is 1. The second kappa shape index (κ2) is 5.18. The van der Waals surface area contributed by atoms with Crippen molar-refractivity contribution in [3.63, 3.8) is 0 Å². The molecule has 0 radical (unpaired) electrons. The van der Waals surface area contributed by atoms with E-state index in [0.717, 1.165) is 11.4 Å². The normalized spacial score (nSPS) is 24.4. The van der Waals surface area contributed by atoms with Crippen LogP contribution in [0.3, 0.4) is 0 Å². The molecule has 0 amide bonds. The number of hydrogen-bond donors (Lipinski definition) is 1. The zero-order chi connectivity index (χ0) is 13.5. The summed E-state index contributed by atoms with van der Waals surface area (Å²) in [5.74, 6) is 0. The molecule has 2 unspecified atom stereocenters. The molecule has 2 aliphatic carbocycles. The van der Waals surface area contributed by atoms with E-state index in [1.54, 1.807) is 10.4 Å². The van der Waals surface area contributed by atoms with Crippen molar-refractivity contribution in [2.75, 3.05) is 0 Å². The molecule has 0 fully saturated rings. The molecule has 0 aliphatic heterocycles. The minimum absolute atomic E-state index is 0.498. The number of fused-ring (bicyclic) bond motifs is 2. The molecule has 1 aromatic carbocycles. The summed E-state index contributed by atoms with van der Waals surface area (Å²) in [7, 11) is 0. The summed E-state index contributed by atoms with van der Waals surface area (Å²) >= 11 is 8.01. The lowest BCUT2D eigenvalue weighted by molar-refractivity contribution is 0.401. The second-order valence-corrected chi connectivity index (χ2v) is 7.28. The van der Waals surface area contributed by atoms with Crippen LogP contribution in [0.25, 0.3) is 0 Å². The topological polar surface area (TPSA) is 12.0 Å². The van der Waals surface area contributed by atoms with Crippen LogP contribution in [-0.4, -0.2) is 0 Å². The highest BCUT2D eigenvalue weighted by atomic mass is 35.5. The van der Waals surface area contributed by atoms with Gasteiger partial charge < -0.3 is 5.32 Å². The summed E-state index contributed by atoms with van der Waals surface area (Å²) in [6.45, 7) is 0. The van der Waals surface area contributed by atoms with Gasteiger partial charge in [-0.15, -0.1) is 11.3 Å². The molecule has 1 nitrogen and oxygen atoms in total. The van der Waals surface area contributed by atoms with Crippen LogP contribution in [0.5, 0.6) is 0 Å². The number of halogens is 1. The Bertz CT molecular complexity index is 634. The van der Waals surface area contributed by atoms with Gasteiger partial charge in [-0.2, -0.15) is 0 Å². The van der Waals surface area contributed by atoms with E-state index in [2.05, 4.69) is 28.9 Å². The fourth-order valence-corrected chi connectivity index (χ4v) is 4.84. The Morgan fingerprint density at radius 2 is 1.95 bits per heavy atom. The van der Waals surface area contributed by atoms with Crippen molar-refractivity contribution < 1.29 is 0 Å². The van der Waals surface area contributed by atoms with Gasteiger partial charge in [0, 0.05) is 22.0 Å². The molecule has 2 aliphatic rings. The van der Waals surface area contributed by atoms with Gasteiger partial charge in [-0.1, -0.05) is 17.7 Å². The van der Waals surface area contributed by atoms with Crippen LogP contribution < -0.4 is 5.32 Å². The van der Waals surface area contributed by atoms with E-state index in [1.165, 1.54) is 36.8 Å². The summed E-state index contributed by atoms with van der Waals surface area (Å²) < 4.78 is 0. The maximum atomic E-state index is 6.10. The summed E-state index contributed by atoms with van der Waals surface area (Å²) in [6, 6.07) is 9.72. The van der Waals surface area contributed by atoms with E-state index in [1.807, 2.05) is 17.4 Å². The van der Waals surface area contributed by atoms with Crippen molar-refractivity contribution in [2.24, 2.45) is 0 Å². The fourth-order valence-electron chi connectivity index (χ4n) is 3.66. The Morgan fingerprint density at radius 1 is 1.05 bits per heavy atom. The van der Waals surface area contributed by atoms with Gasteiger partial charge in [0.15, 0.2) is 0 Å². The third kappa shape index (κ3) is 2.20. The third-order valence-corrected chi connectivity index (χ3v) is 5.87. The predicted molar refractivity (Wildman–Crippen MR) is 85.6 cm³/mol. The minimum Gasteiger partial charge on any atom is -0.303 e. The van der Waals surface area contributed by atoms with Crippen molar-refractivity contribution in [1.29, 1.82) is 0 Å². The van der Waals surface area contributed by atoms with Crippen molar-refractivity contribution in [3.05, 3.63) is 56.2 Å². The first-order valence-corrected chi connectivity index (χ1v) is 8.67. The van der Waals surface area contributed by atoms with Crippen LogP contribution in [0, 0.1) is 0 Å². The molecular weight excluding hydrogens is 286 g/mol. The minimum atomic E-state index is 0.498. The monoisotopic (exact) mass is 303 g/mol. The standard InChI is InChI=1S/C17H18ClNS/c18-12-5-6-13-11(10-12)4-7-16(13)19-15-2-1-3-17-14(15)8-9-20-17/h5-6,8-10,15-16,19H,1-4,7H2. The average Bonchev–Trinajstić information content (AvgIpc) is 3.06. The van der Waals surface area contributed by atoms with E-state index < -0.39 is 0 Å². The van der Waals surface area contributed by atoms with Crippen LogP contribution in [0.1, 0.15) is 52.9 Å². The maximum absolute atomic E-state index is 6.10. The lowest BCUT2D eigenvalue weighted by atomic mass is 9.93. The van der Waals surface area contributed by atoms with Gasteiger partial charge in [0.05, 0.1) is 0 Å². The molecule has 20 heavy (non-hydrogen) atoms. The second-order valence-electron chi connectivity index (χ2n) is 5.84. The van der Waals surface area contributed by atoms with E-state index in [4.69, 9.17) is 11.6 Å². The SMILES string of the molecule is Clc1ccc2c(c1)CCC2NC1CCCc2sccc21. The highest BCUT2D eigenvalue weighted by Gasteiger charge is 2.28. The molecular formula is C17H18ClNS. The quantitative estimate of drug-likeness (QED) is 0.818. The van der Waals surface area contributed by atoms with E-state index >= 15 is 0 Å². The van der Waals surface area contributed by atoms with Crippen LogP contribution in [0.15, 0.2) is 29.6 Å². The highest BCUT2D eigenvalue weighted by molar-refractivity contribution is 7.10. The number of hydrogen-bond acceptors (Lipinski definition) is 2. The first-order valence-electron chi connectivity index (χ1n) is 7.42. The van der Waals surface area contributed by atoms with E-state index in [9.17, 15) is 0 Å². The highest BCUT2D eigenvalue weighted by Crippen LogP contribution is 2.38. The Kier molecular flexibility index (Phi) is 3.33. The first-order chi connectivity index (χ1) is 9.81. The van der Waals surface area contributed by atoms with Crippen LogP contribution >= 0.6 is 22.9 Å². The molecule has 104 valence electrons. The van der Waals surface area contributed by atoms with Gasteiger partial charge >= 0.3 is 0 Å². The van der Waals surface area contributed by atoms with Gasteiger partial charge in [0.25, 0.3) is 0 Å². The largest absolute Gasteiger partial charge is 0.303 e. The molecule has 3 heteroatoms. The lowest BCUT2D eigenvalue weighted by Gasteiger charge is -2.27. The Morgan fingerprint density at radius 3 is 2.90 bits per heavy atom. The Balaban J connectivity index is 1.58. The Hall–Kier alpha value is -0.830. The van der Waals surface area contributed by atoms with Crippen LogP contribution in [-0.2, 0) is 12.8 Å². The van der Waals surface area contributed by atoms with Crippen molar-refractivity contribution in [1.82, 2.24) is 5.32 Å². The molecule has 0 saturated heterocycles. The molecule has 4 rings (SSSR count). The van der Waals surface area contributed by atoms with Gasteiger partial charge in [0.2, 0.25) is 0 Å². The van der Waals surface area contributed by atoms with Crippen molar-refractivity contribution in [3.8, 4) is 0 Å². The smallest absolute Gasteiger partial charge is 0.0408 e. The molecule has 1 heterocycles. The first kappa shape index (κ1) is 12.9. The molecule has 0 bridgehead atoms. The summed E-state index contributed by atoms with van der Waals surface area (Å²) in [5.41, 5.74) is 4.43. The van der Waals surface area contributed by atoms with Gasteiger partial charge in [-0.05, 0) is 72.4 Å². The summed E-state index contributed by atoms with van der Waals surface area (Å²) in [6.07, 6.45) is 6.19. The molecule has 0 saturated carbocycles. The number of benzene rings is 1. The van der Waals surface area contributed by atoms with Crippen molar-refractivity contribution in [2.45, 2.75) is 44.2 Å². The number of nitrogens with one attached hydrogen (secondary N) is 1. The third-order valence-electron chi connectivity index (χ3n) is 4.64. The molecule has 1 aromatic heterocycles. The van der Waals surface area contributed by atoms with Gasteiger partial charge in [0.1, 0.15) is 0 Å². The van der Waals surface area contributed by atoms with Crippen LogP contribution in [0.2, 0.25) is 5.02 Å². The molecule has 2 atom stereocenters. The van der Waals surface area contributed by atoms with E-state index in [0.29, 0.717) is 12.1 Å². The fraction of sp³-hybridized carbons (Fsp3) is 0.412.